The molecule has 0 aliphatic carbocycles. The molecule has 0 bridgehead atoms. The summed E-state index contributed by atoms with van der Waals surface area (Å²) in [7, 11) is -2.46. The van der Waals surface area contributed by atoms with Crippen LogP contribution in [0.4, 0.5) is 0 Å². The van der Waals surface area contributed by atoms with Crippen molar-refractivity contribution < 1.29 is 13.5 Å². The predicted molar refractivity (Wildman–Crippen MR) is 110 cm³/mol. The lowest BCUT2D eigenvalue weighted by Crippen LogP contribution is -2.31. The number of benzene rings is 2. The number of nitrogens with zero attached hydrogens (tertiary/aromatic N) is 3. The summed E-state index contributed by atoms with van der Waals surface area (Å²) in [5, 5.41) is 19.2. The summed E-state index contributed by atoms with van der Waals surface area (Å²) in [5.74, 6) is 0. The highest BCUT2D eigenvalue weighted by Crippen LogP contribution is 2.22. The van der Waals surface area contributed by atoms with Gasteiger partial charge in [0.15, 0.2) is 5.03 Å². The second-order valence-electron chi connectivity index (χ2n) is 6.76. The Morgan fingerprint density at radius 1 is 1.07 bits per heavy atom. The number of likely N-dealkylation sites (N-methyl/N-ethyl adjacent to an activating group) is 1. The number of aryl methyl sites for hydroxylation is 1. The van der Waals surface area contributed by atoms with Crippen LogP contribution in [0.5, 0.6) is 0 Å². The first-order valence-corrected chi connectivity index (χ1v) is 10.4. The summed E-state index contributed by atoms with van der Waals surface area (Å²) in [6.07, 6.45) is -0.947. The Morgan fingerprint density at radius 3 is 2.34 bits per heavy atom. The molecule has 1 N–H and O–H groups in total. The number of hydrogen-bond acceptors (Lipinski definition) is 5. The first-order valence-electron chi connectivity index (χ1n) is 9.00. The quantitative estimate of drug-likeness (QED) is 0.677. The Bertz CT molecular complexity index is 1140. The summed E-state index contributed by atoms with van der Waals surface area (Å²) in [5.41, 5.74) is 3.43. The molecule has 3 aromatic rings. The van der Waals surface area contributed by atoms with Crippen LogP contribution in [0.1, 0.15) is 22.8 Å². The number of nitriles is 1. The molecule has 0 saturated heterocycles. The monoisotopic (exact) mass is 407 g/mol. The summed E-state index contributed by atoms with van der Waals surface area (Å²) >= 11 is 0. The Hall–Kier alpha value is -3.05. The van der Waals surface area contributed by atoms with Crippen LogP contribution in [0.2, 0.25) is 0 Å². The zero-order chi connectivity index (χ0) is 21.0. The zero-order valence-electron chi connectivity index (χ0n) is 16.1. The van der Waals surface area contributed by atoms with Gasteiger partial charge >= 0.3 is 0 Å². The van der Waals surface area contributed by atoms with Gasteiger partial charge in [-0.05, 0) is 36.8 Å². The normalized spacial score (nSPS) is 12.5. The van der Waals surface area contributed by atoms with Crippen LogP contribution in [-0.2, 0) is 10.0 Å². The Balaban J connectivity index is 1.82. The fraction of sp³-hybridized carbons (Fsp3) is 0.182. The molecule has 0 fully saturated rings. The van der Waals surface area contributed by atoms with E-state index in [0.29, 0.717) is 22.4 Å². The van der Waals surface area contributed by atoms with Gasteiger partial charge in [0.1, 0.15) is 0 Å². The van der Waals surface area contributed by atoms with Crippen LogP contribution >= 0.6 is 0 Å². The van der Waals surface area contributed by atoms with Gasteiger partial charge in [0.05, 0.1) is 23.4 Å². The zero-order valence-corrected chi connectivity index (χ0v) is 17.0. The largest absolute Gasteiger partial charge is 0.387 e. The second kappa shape index (κ2) is 8.53. The molecule has 1 heterocycles. The lowest BCUT2D eigenvalue weighted by Gasteiger charge is -2.20. The smallest absolute Gasteiger partial charge is 0.260 e. The van der Waals surface area contributed by atoms with E-state index in [1.807, 2.05) is 25.1 Å². The fourth-order valence-electron chi connectivity index (χ4n) is 2.83. The van der Waals surface area contributed by atoms with Crippen LogP contribution in [-0.4, -0.2) is 36.4 Å². The third-order valence-electron chi connectivity index (χ3n) is 4.60. The number of aliphatic hydroxyl groups is 1. The Labute approximate surface area is 170 Å². The van der Waals surface area contributed by atoms with Gasteiger partial charge in [-0.15, -0.1) is 0 Å². The highest BCUT2D eigenvalue weighted by atomic mass is 32.2. The van der Waals surface area contributed by atoms with Crippen molar-refractivity contribution in [2.75, 3.05) is 13.6 Å². The van der Waals surface area contributed by atoms with Gasteiger partial charge in [0, 0.05) is 19.2 Å². The van der Waals surface area contributed by atoms with E-state index < -0.39 is 16.1 Å². The van der Waals surface area contributed by atoms with Gasteiger partial charge in [0.2, 0.25) is 0 Å². The Morgan fingerprint density at radius 2 is 1.72 bits per heavy atom. The summed E-state index contributed by atoms with van der Waals surface area (Å²) < 4.78 is 27.0. The summed E-state index contributed by atoms with van der Waals surface area (Å²) in [4.78, 5) is 4.29. The maximum Gasteiger partial charge on any atom is 0.260 e. The van der Waals surface area contributed by atoms with Gasteiger partial charge in [-0.1, -0.05) is 48.0 Å². The van der Waals surface area contributed by atoms with Crippen LogP contribution in [0.15, 0.2) is 71.8 Å². The minimum absolute atomic E-state index is 0.0891. The third kappa shape index (κ3) is 4.69. The lowest BCUT2D eigenvalue weighted by atomic mass is 10.1. The van der Waals surface area contributed by atoms with E-state index in [1.165, 1.54) is 13.1 Å². The van der Waals surface area contributed by atoms with Crippen molar-refractivity contribution in [2.45, 2.75) is 18.1 Å². The molecule has 0 amide bonds. The average Bonchev–Trinajstić information content (AvgIpc) is 2.74. The van der Waals surface area contributed by atoms with Gasteiger partial charge in [-0.25, -0.2) is 13.4 Å². The third-order valence-corrected chi connectivity index (χ3v) is 6.33. The molecule has 7 heteroatoms. The minimum atomic E-state index is -3.88. The highest BCUT2D eigenvalue weighted by molar-refractivity contribution is 7.89. The molecule has 0 aliphatic rings. The highest BCUT2D eigenvalue weighted by Gasteiger charge is 2.25. The van der Waals surface area contributed by atoms with Crippen molar-refractivity contribution in [2.24, 2.45) is 0 Å². The van der Waals surface area contributed by atoms with Crippen molar-refractivity contribution >= 4 is 10.0 Å². The van der Waals surface area contributed by atoms with Crippen molar-refractivity contribution in [1.29, 1.82) is 5.26 Å². The Kier molecular flexibility index (Phi) is 6.09. The molecule has 0 saturated carbocycles. The van der Waals surface area contributed by atoms with Crippen molar-refractivity contribution in [3.8, 4) is 17.3 Å². The molecule has 0 radical (unpaired) electrons. The van der Waals surface area contributed by atoms with Crippen LogP contribution in [0.25, 0.3) is 11.3 Å². The van der Waals surface area contributed by atoms with Gasteiger partial charge < -0.3 is 5.11 Å². The van der Waals surface area contributed by atoms with Crippen LogP contribution < -0.4 is 0 Å². The van der Waals surface area contributed by atoms with Crippen molar-refractivity contribution in [1.82, 2.24) is 9.29 Å². The standard InChI is InChI=1S/C22H21N3O3S/c1-16-6-10-19(11-7-16)21(26)15-25(2)29(27,28)22-5-3-4-20(24-22)18-12-8-17(14-23)9-13-18/h3-13,21,26H,15H2,1-2H3. The summed E-state index contributed by atoms with van der Waals surface area (Å²) in [6.45, 7) is 1.85. The molecule has 1 aromatic heterocycles. The lowest BCUT2D eigenvalue weighted by molar-refractivity contribution is 0.155. The molecular weight excluding hydrogens is 386 g/mol. The topological polar surface area (TPSA) is 94.3 Å². The van der Waals surface area contributed by atoms with E-state index in [0.717, 1.165) is 9.87 Å². The molecular formula is C22H21N3O3S. The first-order chi connectivity index (χ1) is 13.8. The van der Waals surface area contributed by atoms with E-state index in [-0.39, 0.29) is 11.6 Å². The molecule has 1 atom stereocenters. The number of rotatable bonds is 6. The minimum Gasteiger partial charge on any atom is -0.387 e. The van der Waals surface area contributed by atoms with E-state index in [9.17, 15) is 13.5 Å². The number of sulfonamides is 1. The van der Waals surface area contributed by atoms with E-state index in [4.69, 9.17) is 5.26 Å². The number of pyridine rings is 1. The molecule has 1 unspecified atom stereocenters. The van der Waals surface area contributed by atoms with Gasteiger partial charge in [-0.3, -0.25) is 0 Å². The number of aliphatic hydroxyl groups excluding tert-OH is 1. The second-order valence-corrected chi connectivity index (χ2v) is 8.75. The molecule has 3 rings (SSSR count). The summed E-state index contributed by atoms with van der Waals surface area (Å²) in [6, 6.07) is 20.9. The van der Waals surface area contributed by atoms with E-state index in [1.54, 1.807) is 48.5 Å². The number of hydrogen-bond donors (Lipinski definition) is 1. The molecule has 0 spiro atoms. The van der Waals surface area contributed by atoms with E-state index in [2.05, 4.69) is 4.98 Å². The van der Waals surface area contributed by atoms with Crippen LogP contribution in [0, 0.1) is 18.3 Å². The maximum atomic E-state index is 12.9. The van der Waals surface area contributed by atoms with Crippen molar-refractivity contribution in [3.05, 3.63) is 83.4 Å². The van der Waals surface area contributed by atoms with Crippen LogP contribution in [0.3, 0.4) is 0 Å². The molecule has 29 heavy (non-hydrogen) atoms. The molecule has 6 nitrogen and oxygen atoms in total. The van der Waals surface area contributed by atoms with Gasteiger partial charge in [0.25, 0.3) is 10.0 Å². The number of aromatic nitrogens is 1. The SMILES string of the molecule is Cc1ccc(C(O)CN(C)S(=O)(=O)c2cccc(-c3ccc(C#N)cc3)n2)cc1. The predicted octanol–water partition coefficient (Wildman–Crippen LogP) is 3.28. The average molecular weight is 407 g/mol. The molecule has 148 valence electrons. The maximum absolute atomic E-state index is 12.9. The fourth-order valence-corrected chi connectivity index (χ4v) is 3.95. The molecule has 2 aromatic carbocycles. The first kappa shape index (κ1) is 20.7. The van der Waals surface area contributed by atoms with Gasteiger partial charge in [-0.2, -0.15) is 9.57 Å². The molecule has 0 aliphatic heterocycles. The van der Waals surface area contributed by atoms with E-state index >= 15 is 0 Å². The van der Waals surface area contributed by atoms with Crippen molar-refractivity contribution in [3.63, 3.8) is 0 Å².